The summed E-state index contributed by atoms with van der Waals surface area (Å²) in [6, 6.07) is 23.2. The van der Waals surface area contributed by atoms with Gasteiger partial charge in [-0.25, -0.2) is 9.67 Å². The minimum Gasteiger partial charge on any atom is -0.435 e. The number of anilines is 2. The quantitative estimate of drug-likeness (QED) is 0.129. The number of aromatic nitrogens is 3. The van der Waals surface area contributed by atoms with Crippen molar-refractivity contribution in [3.63, 3.8) is 0 Å². The summed E-state index contributed by atoms with van der Waals surface area (Å²) < 4.78 is 41.7. The molecule has 0 bridgehead atoms. The molecule has 2 aliphatic heterocycles. The number of carbonyl (C=O) groups excluding carboxylic acids is 2. The molecule has 0 saturated carbocycles. The molecule has 4 N–H and O–H groups in total. The number of nitrogens with one attached hydrogen (secondary N) is 4. The molecule has 0 spiro atoms. The highest BCUT2D eigenvalue weighted by Gasteiger charge is 2.20. The number of nitriles is 1. The van der Waals surface area contributed by atoms with E-state index in [0.717, 1.165) is 30.8 Å². The van der Waals surface area contributed by atoms with Gasteiger partial charge in [0, 0.05) is 48.6 Å². The molecule has 2 amide bonds. The minimum absolute atomic E-state index is 0.0404. The number of morpholine rings is 2. The Labute approximate surface area is 324 Å². The van der Waals surface area contributed by atoms with Crippen LogP contribution >= 0.6 is 23.2 Å². The fourth-order valence-electron chi connectivity index (χ4n) is 5.62. The van der Waals surface area contributed by atoms with E-state index >= 15 is 0 Å². The van der Waals surface area contributed by atoms with Crippen LogP contribution in [0.15, 0.2) is 91.3 Å². The summed E-state index contributed by atoms with van der Waals surface area (Å²) >= 11 is 12.7. The Morgan fingerprint density at radius 2 is 1.65 bits per heavy atom. The Bertz CT molecular complexity index is 2150. The topological polar surface area (TPSA) is 164 Å². The second-order valence-electron chi connectivity index (χ2n) is 12.1. The number of rotatable bonds is 9. The Hall–Kier alpha value is -5.47. The van der Waals surface area contributed by atoms with Crippen LogP contribution in [0.3, 0.4) is 0 Å². The highest BCUT2D eigenvalue weighted by molar-refractivity contribution is 6.34. The van der Waals surface area contributed by atoms with E-state index in [9.17, 15) is 18.4 Å². The molecule has 0 unspecified atom stereocenters. The lowest BCUT2D eigenvalue weighted by molar-refractivity contribution is -0.0498. The van der Waals surface area contributed by atoms with Crippen LogP contribution in [0, 0.1) is 11.3 Å². The van der Waals surface area contributed by atoms with Gasteiger partial charge < -0.3 is 35.5 Å². The average Bonchev–Trinajstić information content (AvgIpc) is 3.71. The number of halogens is 4. The van der Waals surface area contributed by atoms with Crippen molar-refractivity contribution in [3.8, 4) is 17.5 Å². The number of alkyl halides is 2. The zero-order chi connectivity index (χ0) is 38.7. The molecule has 284 valence electrons. The van der Waals surface area contributed by atoms with Crippen LogP contribution in [0.2, 0.25) is 10.0 Å². The normalized spacial score (nSPS) is 16.7. The van der Waals surface area contributed by atoms with Gasteiger partial charge >= 0.3 is 6.61 Å². The fraction of sp³-hybridized carbons (Fsp3) is 0.237. The van der Waals surface area contributed by atoms with E-state index in [-0.39, 0.29) is 35.3 Å². The summed E-state index contributed by atoms with van der Waals surface area (Å²) in [6.45, 7) is 1.44. The molecule has 4 heterocycles. The van der Waals surface area contributed by atoms with Crippen LogP contribution in [0.4, 0.5) is 20.2 Å². The van der Waals surface area contributed by atoms with Gasteiger partial charge in [-0.2, -0.15) is 19.1 Å². The lowest BCUT2D eigenvalue weighted by atomic mass is 10.1. The standard InChI is InChI=1S/C21H19ClF2N4O3.C17H15ClN4O2/c22-18-9-14(1-6-17(18)19-11-25-7-8-30-19)27-20(29)13-10-26-28(12-13)15-2-4-16(5-3-15)31-21(23)24;18-13-8-11(16-10-20-6-7-24-16)4-5-14(13)22-17(23)15-3-1-2-12(9-19)21-15/h1-6,9-10,12,19,21,25H,7-8,11H2,(H,27,29);1-5,8,16,20H,6-7,10H2,(H,22,23)/t19-;16-/m10/s1. The molecule has 2 saturated heterocycles. The molecule has 2 atom stereocenters. The molecule has 3 aromatic carbocycles. The number of nitrogens with zero attached hydrogens (tertiary/aromatic N) is 4. The second-order valence-corrected chi connectivity index (χ2v) is 12.9. The van der Waals surface area contributed by atoms with Crippen LogP contribution < -0.4 is 26.0 Å². The van der Waals surface area contributed by atoms with Crippen LogP contribution in [-0.4, -0.2) is 72.6 Å². The number of hydrogen-bond donors (Lipinski definition) is 4. The molecule has 55 heavy (non-hydrogen) atoms. The summed E-state index contributed by atoms with van der Waals surface area (Å²) in [5.41, 5.74) is 4.11. The lowest BCUT2D eigenvalue weighted by Crippen LogP contribution is -2.33. The molecule has 13 nitrogen and oxygen atoms in total. The third-order valence-electron chi connectivity index (χ3n) is 8.34. The van der Waals surface area contributed by atoms with Gasteiger partial charge in [0.1, 0.15) is 23.2 Å². The van der Waals surface area contributed by atoms with Crippen molar-refractivity contribution in [1.82, 2.24) is 25.4 Å². The summed E-state index contributed by atoms with van der Waals surface area (Å²) in [5.74, 6) is -0.737. The zero-order valence-corrected chi connectivity index (χ0v) is 30.5. The molecule has 0 radical (unpaired) electrons. The van der Waals surface area contributed by atoms with Crippen LogP contribution in [0.25, 0.3) is 5.69 Å². The van der Waals surface area contributed by atoms with Crippen LogP contribution in [-0.2, 0) is 9.47 Å². The molecule has 2 aromatic heterocycles. The Kier molecular flexibility index (Phi) is 13.4. The maximum Gasteiger partial charge on any atom is 0.387 e. The molecule has 17 heteroatoms. The van der Waals surface area contributed by atoms with Crippen molar-refractivity contribution in [3.05, 3.63) is 129 Å². The first-order chi connectivity index (χ1) is 26.7. The van der Waals surface area contributed by atoms with E-state index in [1.165, 1.54) is 35.3 Å². The molecule has 2 aliphatic rings. The van der Waals surface area contributed by atoms with Gasteiger partial charge in [0.05, 0.1) is 53.6 Å². The van der Waals surface area contributed by atoms with Crippen molar-refractivity contribution >= 4 is 46.4 Å². The molecule has 5 aromatic rings. The Morgan fingerprint density at radius 3 is 2.31 bits per heavy atom. The van der Waals surface area contributed by atoms with Gasteiger partial charge in [-0.1, -0.05) is 41.4 Å². The minimum atomic E-state index is -2.89. The first-order valence-corrected chi connectivity index (χ1v) is 17.8. The molecule has 0 aliphatic carbocycles. The fourth-order valence-corrected chi connectivity index (χ4v) is 6.16. The predicted octanol–water partition coefficient (Wildman–Crippen LogP) is 6.56. The summed E-state index contributed by atoms with van der Waals surface area (Å²) in [7, 11) is 0. The number of pyridine rings is 1. The maximum absolute atomic E-state index is 12.6. The third kappa shape index (κ3) is 10.6. The van der Waals surface area contributed by atoms with E-state index in [2.05, 4.69) is 36.1 Å². The average molecular weight is 792 g/mol. The van der Waals surface area contributed by atoms with Crippen molar-refractivity contribution in [2.45, 2.75) is 18.8 Å². The van der Waals surface area contributed by atoms with Crippen molar-refractivity contribution in [2.75, 3.05) is 50.0 Å². The van der Waals surface area contributed by atoms with Crippen LogP contribution in [0.5, 0.6) is 5.75 Å². The highest BCUT2D eigenvalue weighted by Crippen LogP contribution is 2.30. The van der Waals surface area contributed by atoms with Gasteiger partial charge in [-0.05, 0) is 66.2 Å². The predicted molar refractivity (Wildman–Crippen MR) is 201 cm³/mol. The van der Waals surface area contributed by atoms with Gasteiger partial charge in [0.15, 0.2) is 0 Å². The largest absolute Gasteiger partial charge is 0.435 e. The highest BCUT2D eigenvalue weighted by atomic mass is 35.5. The molecule has 7 rings (SSSR count). The number of hydrogen-bond acceptors (Lipinski definition) is 10. The Balaban J connectivity index is 0.000000193. The third-order valence-corrected chi connectivity index (χ3v) is 8.98. The van der Waals surface area contributed by atoms with Crippen LogP contribution in [0.1, 0.15) is 49.9 Å². The van der Waals surface area contributed by atoms with Gasteiger partial charge in [0.2, 0.25) is 0 Å². The number of amides is 2. The maximum atomic E-state index is 12.6. The summed E-state index contributed by atoms with van der Waals surface area (Å²) in [5, 5.41) is 25.9. The lowest BCUT2D eigenvalue weighted by Gasteiger charge is -2.25. The number of benzene rings is 3. The number of ether oxygens (including phenoxy) is 3. The molecule has 2 fully saturated rings. The first-order valence-electron chi connectivity index (χ1n) is 17.0. The van der Waals surface area contributed by atoms with E-state index in [1.807, 2.05) is 18.2 Å². The smallest absolute Gasteiger partial charge is 0.387 e. The van der Waals surface area contributed by atoms with E-state index < -0.39 is 12.5 Å². The second kappa shape index (κ2) is 18.7. The van der Waals surface area contributed by atoms with E-state index in [4.69, 9.17) is 37.9 Å². The SMILES string of the molecule is N#Cc1cccc(C(=O)Nc2ccc([C@@H]3CNCCO3)cc2Cl)n1.O=C(Nc1ccc([C@H]2CNCCO2)c(Cl)c1)c1cnn(-c2ccc(OC(F)F)cc2)c1. The monoisotopic (exact) mass is 790 g/mol. The Morgan fingerprint density at radius 1 is 0.909 bits per heavy atom. The van der Waals surface area contributed by atoms with E-state index in [1.54, 1.807) is 48.5 Å². The molecular weight excluding hydrogens is 757 g/mol. The van der Waals surface area contributed by atoms with Gasteiger partial charge in [-0.15, -0.1) is 0 Å². The molecular formula is C38H34Cl2F2N8O5. The van der Waals surface area contributed by atoms with Crippen molar-refractivity contribution in [2.24, 2.45) is 0 Å². The summed E-state index contributed by atoms with van der Waals surface area (Å²) in [6.07, 6.45) is 2.78. The van der Waals surface area contributed by atoms with Gasteiger partial charge in [0.25, 0.3) is 11.8 Å². The van der Waals surface area contributed by atoms with Crippen molar-refractivity contribution < 1.29 is 32.6 Å². The van der Waals surface area contributed by atoms with Gasteiger partial charge in [-0.3, -0.25) is 9.59 Å². The first kappa shape index (κ1) is 39.2. The summed E-state index contributed by atoms with van der Waals surface area (Å²) in [4.78, 5) is 28.8. The zero-order valence-electron chi connectivity index (χ0n) is 29.0. The van der Waals surface area contributed by atoms with Crippen molar-refractivity contribution in [1.29, 1.82) is 5.26 Å². The van der Waals surface area contributed by atoms with E-state index in [0.29, 0.717) is 52.4 Å². The number of carbonyl (C=O) groups is 2.